The molecule has 0 heterocycles. The third-order valence-electron chi connectivity index (χ3n) is 2.65. The van der Waals surface area contributed by atoms with Crippen molar-refractivity contribution in [1.29, 1.82) is 0 Å². The molecule has 0 radical (unpaired) electrons. The van der Waals surface area contributed by atoms with Gasteiger partial charge < -0.3 is 0 Å². The van der Waals surface area contributed by atoms with Crippen molar-refractivity contribution >= 4 is 11.6 Å². The molecule has 0 bridgehead atoms. The molecule has 0 N–H and O–H groups in total. The fourth-order valence-corrected chi connectivity index (χ4v) is 1.98. The second-order valence-electron chi connectivity index (χ2n) is 4.14. The van der Waals surface area contributed by atoms with E-state index in [0.717, 1.165) is 11.8 Å². The lowest BCUT2D eigenvalue weighted by molar-refractivity contribution is 0.474. The summed E-state index contributed by atoms with van der Waals surface area (Å²) in [5.41, 5.74) is 0. The minimum absolute atomic E-state index is 0.830. The van der Waals surface area contributed by atoms with E-state index < -0.39 is 0 Å². The molecule has 0 saturated carbocycles. The second kappa shape index (κ2) is 10.4. The van der Waals surface area contributed by atoms with Crippen LogP contribution in [0.2, 0.25) is 0 Å². The van der Waals surface area contributed by atoms with Gasteiger partial charge in [0.2, 0.25) is 0 Å². The first-order valence-electron chi connectivity index (χ1n) is 5.87. The molecule has 0 aromatic heterocycles. The Hall–Kier alpha value is 0.290. The van der Waals surface area contributed by atoms with Crippen molar-refractivity contribution in [2.24, 2.45) is 5.92 Å². The molecule has 0 aromatic carbocycles. The highest BCUT2D eigenvalue weighted by atomic mass is 35.5. The van der Waals surface area contributed by atoms with Crippen LogP contribution < -0.4 is 0 Å². The Labute approximate surface area is 89.1 Å². The van der Waals surface area contributed by atoms with Crippen LogP contribution in [0.15, 0.2) is 0 Å². The summed E-state index contributed by atoms with van der Waals surface area (Å²) in [4.78, 5) is 0. The van der Waals surface area contributed by atoms with Crippen molar-refractivity contribution in [3.63, 3.8) is 0 Å². The van der Waals surface area contributed by atoms with Gasteiger partial charge in [-0.15, -0.1) is 11.6 Å². The first kappa shape index (κ1) is 13.3. The van der Waals surface area contributed by atoms with Crippen molar-refractivity contribution in [2.45, 2.75) is 65.2 Å². The number of hydrogen-bond donors (Lipinski definition) is 0. The van der Waals surface area contributed by atoms with Crippen LogP contribution in [0.5, 0.6) is 0 Å². The maximum absolute atomic E-state index is 5.68. The lowest BCUT2D eigenvalue weighted by atomic mass is 10.00. The molecule has 80 valence electrons. The zero-order chi connectivity index (χ0) is 9.94. The van der Waals surface area contributed by atoms with E-state index in [9.17, 15) is 0 Å². The van der Waals surface area contributed by atoms with Crippen molar-refractivity contribution < 1.29 is 0 Å². The van der Waals surface area contributed by atoms with E-state index in [-0.39, 0.29) is 0 Å². The van der Waals surface area contributed by atoms with Crippen LogP contribution in [0.4, 0.5) is 0 Å². The fraction of sp³-hybridized carbons (Fsp3) is 1.00. The maximum Gasteiger partial charge on any atom is 0.0225 e. The van der Waals surface area contributed by atoms with Crippen molar-refractivity contribution in [2.75, 3.05) is 5.88 Å². The summed E-state index contributed by atoms with van der Waals surface area (Å²) in [7, 11) is 0. The fourth-order valence-electron chi connectivity index (χ4n) is 1.60. The van der Waals surface area contributed by atoms with Crippen molar-refractivity contribution in [3.8, 4) is 0 Å². The summed E-state index contributed by atoms with van der Waals surface area (Å²) in [5.74, 6) is 1.67. The molecule has 0 spiro atoms. The van der Waals surface area contributed by atoms with Gasteiger partial charge in [-0.1, -0.05) is 58.8 Å². The van der Waals surface area contributed by atoms with Gasteiger partial charge in [0.15, 0.2) is 0 Å². The Morgan fingerprint density at radius 3 is 2.15 bits per heavy atom. The molecule has 0 saturated heterocycles. The summed E-state index contributed by atoms with van der Waals surface area (Å²) in [6.45, 7) is 4.58. The van der Waals surface area contributed by atoms with E-state index in [1.807, 2.05) is 0 Å². The number of hydrogen-bond acceptors (Lipinski definition) is 0. The minimum atomic E-state index is 0.830. The predicted molar refractivity (Wildman–Crippen MR) is 62.5 cm³/mol. The van der Waals surface area contributed by atoms with Gasteiger partial charge in [0, 0.05) is 5.88 Å². The first-order valence-corrected chi connectivity index (χ1v) is 6.40. The molecule has 0 aliphatic heterocycles. The third kappa shape index (κ3) is 10.2. The van der Waals surface area contributed by atoms with Gasteiger partial charge in [-0.25, -0.2) is 0 Å². The minimum Gasteiger partial charge on any atom is -0.127 e. The van der Waals surface area contributed by atoms with Crippen molar-refractivity contribution in [3.05, 3.63) is 0 Å². The highest BCUT2D eigenvalue weighted by Crippen LogP contribution is 2.14. The summed E-state index contributed by atoms with van der Waals surface area (Å²) < 4.78 is 0. The molecule has 1 atom stereocenters. The van der Waals surface area contributed by atoms with Gasteiger partial charge in [0.1, 0.15) is 0 Å². The van der Waals surface area contributed by atoms with Gasteiger partial charge in [0.05, 0.1) is 0 Å². The topological polar surface area (TPSA) is 0 Å². The summed E-state index contributed by atoms with van der Waals surface area (Å²) in [5, 5.41) is 0. The average Bonchev–Trinajstić information content (AvgIpc) is 2.11. The first-order chi connectivity index (χ1) is 6.31. The smallest absolute Gasteiger partial charge is 0.0225 e. The van der Waals surface area contributed by atoms with Gasteiger partial charge in [-0.3, -0.25) is 0 Å². The lowest BCUT2D eigenvalue weighted by Gasteiger charge is -2.08. The quantitative estimate of drug-likeness (QED) is 0.366. The van der Waals surface area contributed by atoms with Gasteiger partial charge in [-0.05, 0) is 12.3 Å². The number of unbranched alkanes of at least 4 members (excludes halogenated alkanes) is 5. The average molecular weight is 205 g/mol. The van der Waals surface area contributed by atoms with Gasteiger partial charge in [-0.2, -0.15) is 0 Å². The van der Waals surface area contributed by atoms with E-state index in [1.165, 1.54) is 51.4 Å². The van der Waals surface area contributed by atoms with E-state index >= 15 is 0 Å². The van der Waals surface area contributed by atoms with Gasteiger partial charge >= 0.3 is 0 Å². The number of halogens is 1. The molecule has 0 nitrogen and oxygen atoms in total. The third-order valence-corrected chi connectivity index (χ3v) is 2.87. The van der Waals surface area contributed by atoms with Crippen LogP contribution in [0, 0.1) is 5.92 Å². The Kier molecular flexibility index (Phi) is 10.6. The zero-order valence-electron chi connectivity index (χ0n) is 9.32. The number of rotatable bonds is 9. The van der Waals surface area contributed by atoms with Crippen LogP contribution in [0.3, 0.4) is 0 Å². The highest BCUT2D eigenvalue weighted by molar-refractivity contribution is 6.17. The van der Waals surface area contributed by atoms with Crippen LogP contribution >= 0.6 is 11.6 Å². The summed E-state index contributed by atoms with van der Waals surface area (Å²) >= 11 is 5.68. The van der Waals surface area contributed by atoms with Gasteiger partial charge in [0.25, 0.3) is 0 Å². The summed E-state index contributed by atoms with van der Waals surface area (Å²) in [6, 6.07) is 0. The van der Waals surface area contributed by atoms with Crippen LogP contribution in [-0.4, -0.2) is 5.88 Å². The molecule has 1 heteroatoms. The Bertz CT molecular complexity index is 91.1. The van der Waals surface area contributed by atoms with Crippen LogP contribution in [0.25, 0.3) is 0 Å². The molecular weight excluding hydrogens is 180 g/mol. The predicted octanol–water partition coefficient (Wildman–Crippen LogP) is 5.00. The Morgan fingerprint density at radius 1 is 0.923 bits per heavy atom. The molecular formula is C12H25Cl. The molecule has 0 aromatic rings. The Balaban J connectivity index is 2.97. The van der Waals surface area contributed by atoms with Crippen LogP contribution in [0.1, 0.15) is 65.2 Å². The monoisotopic (exact) mass is 204 g/mol. The molecule has 1 unspecified atom stereocenters. The molecule has 0 amide bonds. The van der Waals surface area contributed by atoms with E-state index in [2.05, 4.69) is 13.8 Å². The largest absolute Gasteiger partial charge is 0.127 e. The van der Waals surface area contributed by atoms with E-state index in [4.69, 9.17) is 11.6 Å². The highest BCUT2D eigenvalue weighted by Gasteiger charge is 2.00. The summed E-state index contributed by atoms with van der Waals surface area (Å²) in [6.07, 6.45) is 11.0. The Morgan fingerprint density at radius 2 is 1.54 bits per heavy atom. The van der Waals surface area contributed by atoms with E-state index in [1.54, 1.807) is 0 Å². The van der Waals surface area contributed by atoms with Crippen LogP contribution in [-0.2, 0) is 0 Å². The van der Waals surface area contributed by atoms with E-state index in [0.29, 0.717) is 0 Å². The SMILES string of the molecule is CCCCCCCCC(C)CCCl. The molecule has 0 aliphatic rings. The molecule has 13 heavy (non-hydrogen) atoms. The second-order valence-corrected chi connectivity index (χ2v) is 4.52. The standard InChI is InChI=1S/C12H25Cl/c1-3-4-5-6-7-8-9-12(2)10-11-13/h12H,3-11H2,1-2H3. The normalized spacial score (nSPS) is 13.2. The lowest BCUT2D eigenvalue weighted by Crippen LogP contribution is -1.95. The molecule has 0 rings (SSSR count). The zero-order valence-corrected chi connectivity index (χ0v) is 10.1. The molecule has 0 fully saturated rings. The maximum atomic E-state index is 5.68. The van der Waals surface area contributed by atoms with Crippen molar-refractivity contribution in [1.82, 2.24) is 0 Å². The number of alkyl halides is 1. The molecule has 0 aliphatic carbocycles.